The molecule has 0 aliphatic carbocycles. The number of allylic oxidation sites excluding steroid dienone is 2. The zero-order valence-corrected chi connectivity index (χ0v) is 24.4. The number of phenols is 2. The first-order valence-corrected chi connectivity index (χ1v) is 14.7. The number of anilines is 1. The lowest BCUT2D eigenvalue weighted by Crippen LogP contribution is -2.36. The van der Waals surface area contributed by atoms with Gasteiger partial charge >= 0.3 is 0 Å². The lowest BCUT2D eigenvalue weighted by Gasteiger charge is -2.24. The molecule has 10 heteroatoms. The van der Waals surface area contributed by atoms with Gasteiger partial charge in [-0.15, -0.1) is 0 Å². The number of benzene rings is 3. The number of aromatic nitrogens is 1. The number of dihydropyridines is 1. The van der Waals surface area contributed by atoms with Gasteiger partial charge in [0, 0.05) is 49.6 Å². The molecular formula is C35H33FN4O5. The molecule has 1 saturated heterocycles. The van der Waals surface area contributed by atoms with Crippen LogP contribution in [0, 0.1) is 11.7 Å². The number of aromatic hydroxyl groups is 2. The first-order valence-electron chi connectivity index (χ1n) is 14.7. The monoisotopic (exact) mass is 608 g/mol. The summed E-state index contributed by atoms with van der Waals surface area (Å²) >= 11 is 0. The Balaban J connectivity index is 1.25. The number of carbonyl (C=O) groups is 1. The summed E-state index contributed by atoms with van der Waals surface area (Å²) in [7, 11) is 0. The summed E-state index contributed by atoms with van der Waals surface area (Å²) in [6.07, 6.45) is 8.22. The highest BCUT2D eigenvalue weighted by molar-refractivity contribution is 6.04. The van der Waals surface area contributed by atoms with Crippen LogP contribution < -0.4 is 21.8 Å². The van der Waals surface area contributed by atoms with Crippen LogP contribution in [0.15, 0.2) is 96.2 Å². The molecule has 0 bridgehead atoms. The summed E-state index contributed by atoms with van der Waals surface area (Å²) < 4.78 is 21.0. The minimum atomic E-state index is -0.551. The number of halogens is 1. The number of hydrogen-bond acceptors (Lipinski definition) is 7. The van der Waals surface area contributed by atoms with Gasteiger partial charge in [0.2, 0.25) is 5.43 Å². The van der Waals surface area contributed by atoms with Crippen LogP contribution in [0.1, 0.15) is 34.3 Å². The summed E-state index contributed by atoms with van der Waals surface area (Å²) in [6, 6.07) is 17.3. The van der Waals surface area contributed by atoms with Crippen molar-refractivity contribution in [2.45, 2.75) is 25.6 Å². The molecule has 2 aliphatic heterocycles. The number of nitrogens with two attached hydrogens (primary N) is 1. The molecule has 9 nitrogen and oxygen atoms in total. The smallest absolute Gasteiger partial charge is 0.261 e. The molecule has 1 fully saturated rings. The number of carbonyl (C=O) groups excluding carboxylic acids is 1. The molecule has 6 rings (SSSR count). The SMILES string of the molecule is NC1NC=C(c2ccc(O)c(O)c2)C=C1c1ccc(NC(=O)c2cn(CC3CCOCC3)cc(-c3ccc(F)cc3)c2=O)cc1. The van der Waals surface area contributed by atoms with Crippen LogP contribution >= 0.6 is 0 Å². The average molecular weight is 609 g/mol. The molecule has 0 saturated carbocycles. The van der Waals surface area contributed by atoms with Gasteiger partial charge in [-0.2, -0.15) is 0 Å². The number of rotatable bonds is 7. The van der Waals surface area contributed by atoms with E-state index in [0.717, 1.165) is 29.6 Å². The van der Waals surface area contributed by atoms with E-state index in [1.807, 2.05) is 22.8 Å². The number of nitrogens with one attached hydrogen (secondary N) is 2. The second-order valence-corrected chi connectivity index (χ2v) is 11.3. The third-order valence-electron chi connectivity index (χ3n) is 8.14. The fourth-order valence-corrected chi connectivity index (χ4v) is 5.61. The molecule has 1 amide bonds. The van der Waals surface area contributed by atoms with Gasteiger partial charge in [0.25, 0.3) is 5.91 Å². The molecule has 230 valence electrons. The van der Waals surface area contributed by atoms with Crippen LogP contribution in [-0.4, -0.2) is 40.1 Å². The molecule has 3 aromatic carbocycles. The van der Waals surface area contributed by atoms with Crippen molar-refractivity contribution >= 4 is 22.7 Å². The topological polar surface area (TPSA) is 139 Å². The molecule has 1 atom stereocenters. The third kappa shape index (κ3) is 6.67. The van der Waals surface area contributed by atoms with Gasteiger partial charge in [-0.25, -0.2) is 4.39 Å². The third-order valence-corrected chi connectivity index (χ3v) is 8.14. The number of phenolic OH excluding ortho intramolecular Hbond substituents is 2. The molecule has 3 heterocycles. The van der Waals surface area contributed by atoms with Crippen LogP contribution in [0.3, 0.4) is 0 Å². The van der Waals surface area contributed by atoms with Gasteiger partial charge in [0.05, 0.1) is 0 Å². The Labute approximate surface area is 259 Å². The lowest BCUT2D eigenvalue weighted by atomic mass is 9.95. The number of pyridine rings is 1. The van der Waals surface area contributed by atoms with Crippen LogP contribution in [0.5, 0.6) is 11.5 Å². The second kappa shape index (κ2) is 12.8. The molecule has 0 spiro atoms. The van der Waals surface area contributed by atoms with Crippen molar-refractivity contribution in [2.24, 2.45) is 11.7 Å². The molecule has 6 N–H and O–H groups in total. The van der Waals surface area contributed by atoms with Gasteiger partial charge < -0.3 is 35.9 Å². The largest absolute Gasteiger partial charge is 0.504 e. The van der Waals surface area contributed by atoms with E-state index in [2.05, 4.69) is 10.6 Å². The summed E-state index contributed by atoms with van der Waals surface area (Å²) in [6.45, 7) is 1.97. The summed E-state index contributed by atoms with van der Waals surface area (Å²) in [5, 5.41) is 25.5. The van der Waals surface area contributed by atoms with Crippen molar-refractivity contribution in [1.29, 1.82) is 0 Å². The van der Waals surface area contributed by atoms with E-state index in [4.69, 9.17) is 10.5 Å². The van der Waals surface area contributed by atoms with E-state index in [1.165, 1.54) is 36.4 Å². The quantitative estimate of drug-likeness (QED) is 0.185. The van der Waals surface area contributed by atoms with Gasteiger partial charge in [-0.05, 0) is 89.1 Å². The van der Waals surface area contributed by atoms with Crippen molar-refractivity contribution in [3.63, 3.8) is 0 Å². The predicted octanol–water partition coefficient (Wildman–Crippen LogP) is 5.06. The van der Waals surface area contributed by atoms with Crippen molar-refractivity contribution in [2.75, 3.05) is 18.5 Å². The zero-order chi connectivity index (χ0) is 31.5. The maximum atomic E-state index is 13.6. The van der Waals surface area contributed by atoms with E-state index >= 15 is 0 Å². The van der Waals surface area contributed by atoms with E-state index in [0.29, 0.717) is 48.1 Å². The standard InChI is InChI=1S/C35H33FN4O5/c36-26-6-1-23(2-7-26)29-19-40(18-21-11-13-45-14-12-21)20-30(33(29)43)35(44)39-27-8-3-22(4-9-27)28-15-25(17-38-34(28)37)24-5-10-31(41)32(42)16-24/h1-10,15-17,19-21,34,38,41-42H,11-14,18,37H2,(H,39,44). The molecule has 4 aromatic rings. The predicted molar refractivity (Wildman–Crippen MR) is 171 cm³/mol. The van der Waals surface area contributed by atoms with E-state index in [-0.39, 0.29) is 17.1 Å². The summed E-state index contributed by atoms with van der Waals surface area (Å²) in [5.74, 6) is -1.05. The number of amides is 1. The van der Waals surface area contributed by atoms with Crippen molar-refractivity contribution in [3.05, 3.63) is 124 Å². The first kappa shape index (κ1) is 29.9. The summed E-state index contributed by atoms with van der Waals surface area (Å²) in [4.78, 5) is 27.1. The molecular weight excluding hydrogens is 575 g/mol. The Bertz CT molecular complexity index is 1840. The van der Waals surface area contributed by atoms with E-state index < -0.39 is 23.3 Å². The van der Waals surface area contributed by atoms with Crippen molar-refractivity contribution in [1.82, 2.24) is 9.88 Å². The Hall–Kier alpha value is -5.19. The maximum absolute atomic E-state index is 13.6. The van der Waals surface area contributed by atoms with Crippen molar-refractivity contribution in [3.8, 4) is 22.6 Å². The summed E-state index contributed by atoms with van der Waals surface area (Å²) in [5.41, 5.74) is 10.2. The zero-order valence-electron chi connectivity index (χ0n) is 24.4. The average Bonchev–Trinajstić information content (AvgIpc) is 3.05. The number of hydrogen-bond donors (Lipinski definition) is 5. The normalized spacial score (nSPS) is 16.8. The van der Waals surface area contributed by atoms with Crippen LogP contribution in [0.25, 0.3) is 22.3 Å². The van der Waals surface area contributed by atoms with Crippen LogP contribution in [0.4, 0.5) is 10.1 Å². The first-order chi connectivity index (χ1) is 21.7. The maximum Gasteiger partial charge on any atom is 0.261 e. The minimum Gasteiger partial charge on any atom is -0.504 e. The van der Waals surface area contributed by atoms with Crippen molar-refractivity contribution < 1.29 is 24.1 Å². The molecule has 1 aromatic heterocycles. The minimum absolute atomic E-state index is 0.0129. The Morgan fingerprint density at radius 3 is 2.36 bits per heavy atom. The number of nitrogens with zero attached hydrogens (tertiary/aromatic N) is 1. The Morgan fingerprint density at radius 1 is 0.956 bits per heavy atom. The van der Waals surface area contributed by atoms with Gasteiger partial charge in [-0.1, -0.05) is 30.3 Å². The fourth-order valence-electron chi connectivity index (χ4n) is 5.61. The second-order valence-electron chi connectivity index (χ2n) is 11.3. The number of ether oxygens (including phenoxy) is 1. The molecule has 45 heavy (non-hydrogen) atoms. The van der Waals surface area contributed by atoms with Gasteiger partial charge in [0.15, 0.2) is 11.5 Å². The fraction of sp³-hybridized carbons (Fsp3) is 0.200. The van der Waals surface area contributed by atoms with Crippen LogP contribution in [-0.2, 0) is 11.3 Å². The molecule has 2 aliphatic rings. The van der Waals surface area contributed by atoms with Gasteiger partial charge in [0.1, 0.15) is 17.5 Å². The highest BCUT2D eigenvalue weighted by Crippen LogP contribution is 2.32. The Kier molecular flexibility index (Phi) is 8.50. The Morgan fingerprint density at radius 2 is 1.64 bits per heavy atom. The highest BCUT2D eigenvalue weighted by Gasteiger charge is 2.21. The van der Waals surface area contributed by atoms with Crippen LogP contribution in [0.2, 0.25) is 0 Å². The van der Waals surface area contributed by atoms with Gasteiger partial charge in [-0.3, -0.25) is 9.59 Å². The van der Waals surface area contributed by atoms with E-state index in [1.54, 1.807) is 36.8 Å². The molecule has 0 radical (unpaired) electrons. The van der Waals surface area contributed by atoms with E-state index in [9.17, 15) is 24.2 Å². The molecule has 1 unspecified atom stereocenters. The highest BCUT2D eigenvalue weighted by atomic mass is 19.1. The lowest BCUT2D eigenvalue weighted by molar-refractivity contribution is 0.0612.